The predicted molar refractivity (Wildman–Crippen MR) is 71.6 cm³/mol. The summed E-state index contributed by atoms with van der Waals surface area (Å²) < 4.78 is 11.0. The Morgan fingerprint density at radius 3 is 2.63 bits per heavy atom. The monoisotopic (exact) mass is 265 g/mol. The van der Waals surface area contributed by atoms with E-state index in [2.05, 4.69) is 5.32 Å². The third-order valence-electron chi connectivity index (χ3n) is 3.39. The number of rotatable bonds is 6. The molecule has 0 saturated heterocycles. The second-order valence-electron chi connectivity index (χ2n) is 4.56. The van der Waals surface area contributed by atoms with E-state index in [0.29, 0.717) is 6.61 Å². The van der Waals surface area contributed by atoms with E-state index in [1.54, 1.807) is 31.4 Å². The normalized spacial score (nSPS) is 25.7. The zero-order chi connectivity index (χ0) is 13.8. The van der Waals surface area contributed by atoms with E-state index in [0.717, 1.165) is 12.1 Å². The van der Waals surface area contributed by atoms with Gasteiger partial charge in [0.25, 0.3) is 0 Å². The smallest absolute Gasteiger partial charge is 0.335 e. The molecule has 5 nitrogen and oxygen atoms in total. The average Bonchev–Trinajstić information content (AvgIpc) is 2.38. The Kier molecular flexibility index (Phi) is 4.39. The van der Waals surface area contributed by atoms with Crippen LogP contribution in [-0.4, -0.2) is 43.0 Å². The van der Waals surface area contributed by atoms with Crippen LogP contribution in [0.15, 0.2) is 24.3 Å². The molecule has 1 aliphatic carbocycles. The predicted octanol–water partition coefficient (Wildman–Crippen LogP) is 1.99. The first-order valence-electron chi connectivity index (χ1n) is 6.40. The molecule has 1 saturated carbocycles. The first kappa shape index (κ1) is 13.8. The third kappa shape index (κ3) is 3.05. The fourth-order valence-electron chi connectivity index (χ4n) is 2.34. The Labute approximate surface area is 112 Å². The van der Waals surface area contributed by atoms with Crippen molar-refractivity contribution in [2.75, 3.05) is 19.0 Å². The van der Waals surface area contributed by atoms with Crippen LogP contribution in [0.2, 0.25) is 0 Å². The molecule has 0 bridgehead atoms. The zero-order valence-electron chi connectivity index (χ0n) is 11.1. The van der Waals surface area contributed by atoms with Gasteiger partial charge in [-0.05, 0) is 37.6 Å². The van der Waals surface area contributed by atoms with Gasteiger partial charge in [-0.3, -0.25) is 0 Å². The van der Waals surface area contributed by atoms with Gasteiger partial charge in [0, 0.05) is 19.4 Å². The molecular formula is C14H19NO4. The van der Waals surface area contributed by atoms with Crippen molar-refractivity contribution >= 4 is 11.7 Å². The second-order valence-corrected chi connectivity index (χ2v) is 4.56. The van der Waals surface area contributed by atoms with Crippen molar-refractivity contribution in [3.05, 3.63) is 29.8 Å². The van der Waals surface area contributed by atoms with Crippen molar-refractivity contribution in [3.63, 3.8) is 0 Å². The molecule has 0 aliphatic heterocycles. The molecule has 2 N–H and O–H groups in total. The minimum atomic E-state index is -0.915. The van der Waals surface area contributed by atoms with E-state index in [-0.39, 0.29) is 23.8 Å². The van der Waals surface area contributed by atoms with Crippen LogP contribution in [0.25, 0.3) is 0 Å². The van der Waals surface area contributed by atoms with Crippen LogP contribution >= 0.6 is 0 Å². The first-order valence-corrected chi connectivity index (χ1v) is 6.40. The van der Waals surface area contributed by atoms with Crippen LogP contribution in [0.1, 0.15) is 23.7 Å². The second kappa shape index (κ2) is 6.04. The summed E-state index contributed by atoms with van der Waals surface area (Å²) in [4.78, 5) is 10.8. The molecule has 0 radical (unpaired) electrons. The Bertz CT molecular complexity index is 432. The zero-order valence-corrected chi connectivity index (χ0v) is 11.1. The molecule has 1 aliphatic rings. The molecule has 1 fully saturated rings. The van der Waals surface area contributed by atoms with Crippen LogP contribution in [0.3, 0.4) is 0 Å². The Morgan fingerprint density at radius 2 is 2.11 bits per heavy atom. The summed E-state index contributed by atoms with van der Waals surface area (Å²) in [6.45, 7) is 2.66. The number of nitrogens with one attached hydrogen (secondary N) is 1. The van der Waals surface area contributed by atoms with Gasteiger partial charge in [-0.25, -0.2) is 4.79 Å². The largest absolute Gasteiger partial charge is 0.478 e. The number of hydrogen-bond acceptors (Lipinski definition) is 4. The highest BCUT2D eigenvalue weighted by molar-refractivity contribution is 5.88. The van der Waals surface area contributed by atoms with Crippen LogP contribution in [0.5, 0.6) is 0 Å². The minimum Gasteiger partial charge on any atom is -0.478 e. The molecule has 1 aromatic carbocycles. The van der Waals surface area contributed by atoms with Gasteiger partial charge in [0.1, 0.15) is 6.10 Å². The van der Waals surface area contributed by atoms with Gasteiger partial charge in [0.05, 0.1) is 17.7 Å². The van der Waals surface area contributed by atoms with Gasteiger partial charge in [-0.1, -0.05) is 0 Å². The lowest BCUT2D eigenvalue weighted by atomic mass is 9.85. The Balaban J connectivity index is 1.93. The van der Waals surface area contributed by atoms with Gasteiger partial charge in [-0.2, -0.15) is 0 Å². The fourth-order valence-corrected chi connectivity index (χ4v) is 2.34. The lowest BCUT2D eigenvalue weighted by molar-refractivity contribution is -0.118. The molecule has 0 aromatic heterocycles. The molecule has 19 heavy (non-hydrogen) atoms. The number of hydrogen-bond donors (Lipinski definition) is 2. The number of anilines is 1. The Hall–Kier alpha value is -1.59. The summed E-state index contributed by atoms with van der Waals surface area (Å²) in [7, 11) is 1.68. The molecule has 1 aromatic rings. The van der Waals surface area contributed by atoms with Crippen LogP contribution in [0.4, 0.5) is 5.69 Å². The highest BCUT2D eigenvalue weighted by atomic mass is 16.5. The number of carboxylic acids is 1. The summed E-state index contributed by atoms with van der Waals surface area (Å²) in [5.41, 5.74) is 1.18. The number of carboxylic acid groups (broad SMARTS) is 1. The molecular weight excluding hydrogens is 246 g/mol. The lowest BCUT2D eigenvalue weighted by Gasteiger charge is -2.43. The topological polar surface area (TPSA) is 67.8 Å². The molecule has 0 amide bonds. The maximum atomic E-state index is 10.8. The van der Waals surface area contributed by atoms with Gasteiger partial charge in [0.2, 0.25) is 0 Å². The van der Waals surface area contributed by atoms with E-state index < -0.39 is 5.97 Å². The van der Waals surface area contributed by atoms with Crippen molar-refractivity contribution in [2.45, 2.75) is 31.6 Å². The summed E-state index contributed by atoms with van der Waals surface area (Å²) >= 11 is 0. The highest BCUT2D eigenvalue weighted by Crippen LogP contribution is 2.29. The Morgan fingerprint density at radius 1 is 1.42 bits per heavy atom. The molecule has 0 spiro atoms. The number of aromatic carboxylic acids is 1. The highest BCUT2D eigenvalue weighted by Gasteiger charge is 2.42. The van der Waals surface area contributed by atoms with E-state index in [9.17, 15) is 4.79 Å². The molecule has 5 heteroatoms. The van der Waals surface area contributed by atoms with Crippen molar-refractivity contribution in [3.8, 4) is 0 Å². The quantitative estimate of drug-likeness (QED) is 0.823. The van der Waals surface area contributed by atoms with Crippen LogP contribution in [0, 0.1) is 0 Å². The van der Waals surface area contributed by atoms with Gasteiger partial charge >= 0.3 is 5.97 Å². The van der Waals surface area contributed by atoms with Crippen molar-refractivity contribution in [1.82, 2.24) is 0 Å². The van der Waals surface area contributed by atoms with E-state index in [1.807, 2.05) is 6.92 Å². The first-order chi connectivity index (χ1) is 9.15. The van der Waals surface area contributed by atoms with Crippen LogP contribution < -0.4 is 5.32 Å². The summed E-state index contributed by atoms with van der Waals surface area (Å²) in [5, 5.41) is 12.2. The van der Waals surface area contributed by atoms with E-state index in [4.69, 9.17) is 14.6 Å². The van der Waals surface area contributed by atoms with Gasteiger partial charge in [0.15, 0.2) is 0 Å². The number of benzene rings is 1. The summed E-state index contributed by atoms with van der Waals surface area (Å²) in [6.07, 6.45) is 1.08. The molecule has 2 rings (SSSR count). The molecule has 0 heterocycles. The number of carbonyl (C=O) groups is 1. The molecule has 3 unspecified atom stereocenters. The summed E-state index contributed by atoms with van der Waals surface area (Å²) in [6, 6.07) is 6.92. The van der Waals surface area contributed by atoms with E-state index >= 15 is 0 Å². The maximum absolute atomic E-state index is 10.8. The standard InChI is InChI=1S/C14H19NO4/c1-3-19-12-8-11(13(12)18-2)15-10-6-4-9(5-7-10)14(16)17/h4-7,11-13,15H,3,8H2,1-2H3,(H,16,17). The maximum Gasteiger partial charge on any atom is 0.335 e. The van der Waals surface area contributed by atoms with Gasteiger partial charge < -0.3 is 19.9 Å². The van der Waals surface area contributed by atoms with Crippen molar-refractivity contribution in [2.24, 2.45) is 0 Å². The molecule has 3 atom stereocenters. The SMILES string of the molecule is CCOC1CC(Nc2ccc(C(=O)O)cc2)C1OC. The number of methoxy groups -OCH3 is 1. The fraction of sp³-hybridized carbons (Fsp3) is 0.500. The third-order valence-corrected chi connectivity index (χ3v) is 3.39. The minimum absolute atomic E-state index is 0.0408. The van der Waals surface area contributed by atoms with Crippen molar-refractivity contribution in [1.29, 1.82) is 0 Å². The van der Waals surface area contributed by atoms with Crippen molar-refractivity contribution < 1.29 is 19.4 Å². The number of ether oxygens (including phenoxy) is 2. The lowest BCUT2D eigenvalue weighted by Crippen LogP contribution is -2.56. The average molecular weight is 265 g/mol. The summed E-state index contributed by atoms with van der Waals surface area (Å²) in [5.74, 6) is -0.915. The van der Waals surface area contributed by atoms with Gasteiger partial charge in [-0.15, -0.1) is 0 Å². The van der Waals surface area contributed by atoms with Crippen LogP contribution in [-0.2, 0) is 9.47 Å². The molecule has 104 valence electrons. The van der Waals surface area contributed by atoms with E-state index in [1.165, 1.54) is 0 Å².